The molecule has 8 heteroatoms. The highest BCUT2D eigenvalue weighted by Crippen LogP contribution is 2.15. The molecule has 1 saturated heterocycles. The highest BCUT2D eigenvalue weighted by Gasteiger charge is 2.19. The molecule has 2 aromatic rings. The molecule has 0 unspecified atom stereocenters. The van der Waals surface area contributed by atoms with Gasteiger partial charge in [0, 0.05) is 26.1 Å². The van der Waals surface area contributed by atoms with E-state index in [0.717, 1.165) is 48.1 Å². The summed E-state index contributed by atoms with van der Waals surface area (Å²) >= 11 is 0. The highest BCUT2D eigenvalue weighted by atomic mass is 127. The lowest BCUT2D eigenvalue weighted by Gasteiger charge is -2.16. The number of amides is 1. The van der Waals surface area contributed by atoms with Gasteiger partial charge in [-0.15, -0.1) is 24.0 Å². The molecule has 1 aliphatic rings. The van der Waals surface area contributed by atoms with Gasteiger partial charge in [-0.1, -0.05) is 24.3 Å². The van der Waals surface area contributed by atoms with Crippen molar-refractivity contribution in [3.05, 3.63) is 52.7 Å². The molecule has 0 spiro atoms. The first-order valence-corrected chi connectivity index (χ1v) is 9.86. The van der Waals surface area contributed by atoms with Crippen molar-refractivity contribution >= 4 is 35.8 Å². The van der Waals surface area contributed by atoms with Crippen molar-refractivity contribution in [3.8, 4) is 0 Å². The molecule has 0 atom stereocenters. The summed E-state index contributed by atoms with van der Waals surface area (Å²) in [6.07, 6.45) is 1.63. The van der Waals surface area contributed by atoms with Crippen LogP contribution in [-0.4, -0.2) is 34.8 Å². The number of benzene rings is 1. The zero-order valence-corrected chi connectivity index (χ0v) is 19.7. The van der Waals surface area contributed by atoms with Gasteiger partial charge in [0.25, 0.3) is 0 Å². The van der Waals surface area contributed by atoms with E-state index in [1.54, 1.807) is 0 Å². The summed E-state index contributed by atoms with van der Waals surface area (Å²) in [4.78, 5) is 22.8. The van der Waals surface area contributed by atoms with Crippen LogP contribution in [-0.2, 0) is 24.4 Å². The topological polar surface area (TPSA) is 82.8 Å². The molecule has 158 valence electrons. The quantitative estimate of drug-likeness (QED) is 0.339. The highest BCUT2D eigenvalue weighted by molar-refractivity contribution is 14.0. The summed E-state index contributed by atoms with van der Waals surface area (Å²) in [5, 5.41) is 6.50. The first-order chi connectivity index (χ1) is 13.5. The second-order valence-electron chi connectivity index (χ2n) is 7.04. The van der Waals surface area contributed by atoms with Crippen LogP contribution in [0.5, 0.6) is 0 Å². The molecule has 0 aliphatic carbocycles. The van der Waals surface area contributed by atoms with Crippen LogP contribution in [0.2, 0.25) is 0 Å². The van der Waals surface area contributed by atoms with E-state index >= 15 is 0 Å². The Labute approximate surface area is 189 Å². The van der Waals surface area contributed by atoms with Crippen molar-refractivity contribution in [2.24, 2.45) is 4.99 Å². The normalized spacial score (nSPS) is 14.1. The van der Waals surface area contributed by atoms with Crippen LogP contribution in [0.4, 0.5) is 0 Å². The number of carbonyl (C=O) groups is 1. The maximum atomic E-state index is 11.8. The first kappa shape index (κ1) is 23.2. The number of nitrogens with zero attached hydrogens (tertiary/aromatic N) is 3. The molecule has 29 heavy (non-hydrogen) atoms. The SMILES string of the molecule is CCNC(=NCc1cccc(CN2CCCC2=O)c1)NCc1nc(C)c(C)o1.I. The maximum Gasteiger partial charge on any atom is 0.222 e. The lowest BCUT2D eigenvalue weighted by Crippen LogP contribution is -2.36. The molecule has 1 aromatic heterocycles. The Kier molecular flexibility index (Phi) is 8.94. The smallest absolute Gasteiger partial charge is 0.222 e. The number of hydrogen-bond donors (Lipinski definition) is 2. The Morgan fingerprint density at radius 1 is 1.28 bits per heavy atom. The number of oxazole rings is 1. The van der Waals surface area contributed by atoms with Gasteiger partial charge in [-0.3, -0.25) is 4.79 Å². The third-order valence-electron chi connectivity index (χ3n) is 4.78. The van der Waals surface area contributed by atoms with E-state index in [-0.39, 0.29) is 29.9 Å². The van der Waals surface area contributed by atoms with Gasteiger partial charge in [0.2, 0.25) is 11.8 Å². The van der Waals surface area contributed by atoms with E-state index in [9.17, 15) is 4.79 Å². The molecule has 2 N–H and O–H groups in total. The molecule has 0 bridgehead atoms. The second kappa shape index (κ2) is 11.2. The van der Waals surface area contributed by atoms with E-state index in [2.05, 4.69) is 38.8 Å². The molecule has 1 fully saturated rings. The second-order valence-corrected chi connectivity index (χ2v) is 7.04. The zero-order chi connectivity index (χ0) is 19.9. The van der Waals surface area contributed by atoms with Crippen LogP contribution in [0.3, 0.4) is 0 Å². The molecule has 1 aliphatic heterocycles. The van der Waals surface area contributed by atoms with E-state index in [0.29, 0.717) is 31.9 Å². The number of hydrogen-bond acceptors (Lipinski definition) is 4. The molecule has 2 heterocycles. The van der Waals surface area contributed by atoms with E-state index in [1.807, 2.05) is 31.7 Å². The Hall–Kier alpha value is -2.10. The number of aromatic nitrogens is 1. The summed E-state index contributed by atoms with van der Waals surface area (Å²) in [6.45, 7) is 9.22. The summed E-state index contributed by atoms with van der Waals surface area (Å²) in [7, 11) is 0. The maximum absolute atomic E-state index is 11.8. The van der Waals surface area contributed by atoms with Crippen molar-refractivity contribution in [2.75, 3.05) is 13.1 Å². The number of aryl methyl sites for hydroxylation is 2. The van der Waals surface area contributed by atoms with Crippen molar-refractivity contribution in [1.82, 2.24) is 20.5 Å². The molecular weight excluding hydrogens is 481 g/mol. The van der Waals surface area contributed by atoms with Crippen LogP contribution >= 0.6 is 24.0 Å². The Bertz CT molecular complexity index is 830. The van der Waals surface area contributed by atoms with Gasteiger partial charge in [0.15, 0.2) is 5.96 Å². The molecule has 7 nitrogen and oxygen atoms in total. The summed E-state index contributed by atoms with van der Waals surface area (Å²) < 4.78 is 5.60. The monoisotopic (exact) mass is 511 g/mol. The van der Waals surface area contributed by atoms with Crippen LogP contribution < -0.4 is 10.6 Å². The predicted molar refractivity (Wildman–Crippen MR) is 124 cm³/mol. The van der Waals surface area contributed by atoms with Gasteiger partial charge in [-0.25, -0.2) is 9.98 Å². The average molecular weight is 511 g/mol. The summed E-state index contributed by atoms with van der Waals surface area (Å²) in [6, 6.07) is 8.28. The zero-order valence-electron chi connectivity index (χ0n) is 17.3. The van der Waals surface area contributed by atoms with Gasteiger partial charge in [-0.05, 0) is 38.3 Å². The number of aliphatic imine (C=N–C) groups is 1. The minimum absolute atomic E-state index is 0. The lowest BCUT2D eigenvalue weighted by molar-refractivity contribution is -0.128. The largest absolute Gasteiger partial charge is 0.444 e. The van der Waals surface area contributed by atoms with Crippen molar-refractivity contribution < 1.29 is 9.21 Å². The standard InChI is InChI=1S/C21H29N5O2.HI/c1-4-22-21(24-13-19-25-15(2)16(3)28-19)23-12-17-7-5-8-18(11-17)14-26-10-6-9-20(26)27;/h5,7-8,11H,4,6,9-10,12-14H2,1-3H3,(H2,22,23,24);1H. The lowest BCUT2D eigenvalue weighted by atomic mass is 10.1. The fourth-order valence-electron chi connectivity index (χ4n) is 3.20. The number of nitrogens with one attached hydrogen (secondary N) is 2. The number of carbonyl (C=O) groups excluding carboxylic acids is 1. The summed E-state index contributed by atoms with van der Waals surface area (Å²) in [5.74, 6) is 2.46. The van der Waals surface area contributed by atoms with Gasteiger partial charge in [0.1, 0.15) is 5.76 Å². The number of rotatable bonds is 7. The third kappa shape index (κ3) is 6.73. The first-order valence-electron chi connectivity index (χ1n) is 9.86. The fourth-order valence-corrected chi connectivity index (χ4v) is 3.20. The minimum atomic E-state index is 0. The van der Waals surface area contributed by atoms with Gasteiger partial charge in [-0.2, -0.15) is 0 Å². The van der Waals surface area contributed by atoms with Crippen LogP contribution in [0.1, 0.15) is 48.2 Å². The van der Waals surface area contributed by atoms with Crippen molar-refractivity contribution in [3.63, 3.8) is 0 Å². The Morgan fingerprint density at radius 3 is 2.72 bits per heavy atom. The van der Waals surface area contributed by atoms with Crippen LogP contribution in [0, 0.1) is 13.8 Å². The van der Waals surface area contributed by atoms with Crippen LogP contribution in [0.15, 0.2) is 33.7 Å². The Balaban J connectivity index is 0.00000300. The average Bonchev–Trinajstić information content (AvgIpc) is 3.23. The molecular formula is C21H30IN5O2. The predicted octanol–water partition coefficient (Wildman–Crippen LogP) is 3.29. The fraction of sp³-hybridized carbons (Fsp3) is 0.476. The molecule has 0 saturated carbocycles. The van der Waals surface area contributed by atoms with E-state index < -0.39 is 0 Å². The van der Waals surface area contributed by atoms with Gasteiger partial charge in [0.05, 0.1) is 18.8 Å². The number of halogens is 1. The summed E-state index contributed by atoms with van der Waals surface area (Å²) in [5.41, 5.74) is 3.17. The minimum Gasteiger partial charge on any atom is -0.444 e. The Morgan fingerprint density at radius 2 is 2.07 bits per heavy atom. The third-order valence-corrected chi connectivity index (χ3v) is 4.78. The van der Waals surface area contributed by atoms with Crippen LogP contribution in [0.25, 0.3) is 0 Å². The molecule has 1 aromatic carbocycles. The molecule has 3 rings (SSSR count). The number of likely N-dealkylation sites (tertiary alicyclic amines) is 1. The van der Waals surface area contributed by atoms with Gasteiger partial charge < -0.3 is 20.0 Å². The van der Waals surface area contributed by atoms with Crippen molar-refractivity contribution in [1.29, 1.82) is 0 Å². The number of guanidine groups is 1. The molecule has 1 amide bonds. The van der Waals surface area contributed by atoms with E-state index in [1.165, 1.54) is 0 Å². The molecule has 0 radical (unpaired) electrons. The van der Waals surface area contributed by atoms with Gasteiger partial charge >= 0.3 is 0 Å². The van der Waals surface area contributed by atoms with E-state index in [4.69, 9.17) is 4.42 Å². The van der Waals surface area contributed by atoms with Crippen molar-refractivity contribution in [2.45, 2.75) is 53.2 Å².